The third-order valence-corrected chi connectivity index (χ3v) is 5.03. The Morgan fingerprint density at radius 3 is 2.44 bits per heavy atom. The first-order chi connectivity index (χ1) is 13.1. The van der Waals surface area contributed by atoms with Gasteiger partial charge in [0.15, 0.2) is 0 Å². The molecule has 5 nitrogen and oxygen atoms in total. The predicted octanol–water partition coefficient (Wildman–Crippen LogP) is 4.36. The summed E-state index contributed by atoms with van der Waals surface area (Å²) >= 11 is 1.30. The maximum Gasteiger partial charge on any atom is 0.274 e. The Morgan fingerprint density at radius 2 is 1.74 bits per heavy atom. The first-order valence-electron chi connectivity index (χ1n) is 8.10. The number of halogens is 1. The average molecular weight is 379 g/mol. The molecule has 1 amide bonds. The summed E-state index contributed by atoms with van der Waals surface area (Å²) in [5.41, 5.74) is 7.42. The second kappa shape index (κ2) is 6.69. The Bertz CT molecular complexity index is 1150. The fourth-order valence-corrected chi connectivity index (χ4v) is 3.61. The normalized spacial score (nSPS) is 10.9. The SMILES string of the molecule is Nc1c(C(=O)Nc2ccc(F)cc2)c2ccccc2n1C(=O)c1cccs1. The minimum atomic E-state index is -0.465. The summed E-state index contributed by atoms with van der Waals surface area (Å²) in [4.78, 5) is 26.3. The van der Waals surface area contributed by atoms with Gasteiger partial charge in [-0.2, -0.15) is 0 Å². The van der Waals surface area contributed by atoms with Crippen LogP contribution in [0.25, 0.3) is 10.9 Å². The number of para-hydroxylation sites is 1. The van der Waals surface area contributed by atoms with Gasteiger partial charge in [-0.25, -0.2) is 4.39 Å². The topological polar surface area (TPSA) is 77.1 Å². The van der Waals surface area contributed by atoms with Gasteiger partial charge in [0.05, 0.1) is 16.0 Å². The third-order valence-electron chi connectivity index (χ3n) is 4.18. The van der Waals surface area contributed by atoms with Crippen LogP contribution in [0, 0.1) is 5.82 Å². The molecular formula is C20H14FN3O2S. The number of hydrogen-bond acceptors (Lipinski definition) is 4. The molecule has 0 saturated heterocycles. The van der Waals surface area contributed by atoms with Gasteiger partial charge in [-0.05, 0) is 41.8 Å². The Balaban J connectivity index is 1.81. The van der Waals surface area contributed by atoms with Crippen LogP contribution in [-0.2, 0) is 0 Å². The summed E-state index contributed by atoms with van der Waals surface area (Å²) in [6, 6.07) is 15.9. The number of aromatic nitrogens is 1. The van der Waals surface area contributed by atoms with Crippen LogP contribution in [0.4, 0.5) is 15.9 Å². The Labute approximate surface area is 157 Å². The molecule has 134 valence electrons. The molecule has 0 unspecified atom stereocenters. The van der Waals surface area contributed by atoms with Crippen molar-refractivity contribution in [2.24, 2.45) is 0 Å². The molecule has 2 aromatic carbocycles. The molecule has 0 atom stereocenters. The van der Waals surface area contributed by atoms with Crippen molar-refractivity contribution in [3.8, 4) is 0 Å². The van der Waals surface area contributed by atoms with Crippen molar-refractivity contribution in [1.29, 1.82) is 0 Å². The van der Waals surface area contributed by atoms with Crippen LogP contribution >= 0.6 is 11.3 Å². The molecule has 27 heavy (non-hydrogen) atoms. The Morgan fingerprint density at radius 1 is 1.00 bits per heavy atom. The predicted molar refractivity (Wildman–Crippen MR) is 105 cm³/mol. The van der Waals surface area contributed by atoms with Gasteiger partial charge >= 0.3 is 0 Å². The number of fused-ring (bicyclic) bond motifs is 1. The number of nitrogens with one attached hydrogen (secondary N) is 1. The quantitative estimate of drug-likeness (QED) is 0.555. The fourth-order valence-electron chi connectivity index (χ4n) is 2.95. The number of benzene rings is 2. The highest BCUT2D eigenvalue weighted by atomic mass is 32.1. The highest BCUT2D eigenvalue weighted by Gasteiger charge is 2.25. The molecule has 0 radical (unpaired) electrons. The number of nitrogen functional groups attached to an aromatic ring is 1. The molecule has 0 fully saturated rings. The maximum atomic E-state index is 13.1. The minimum Gasteiger partial charge on any atom is -0.384 e. The summed E-state index contributed by atoms with van der Waals surface area (Å²) in [7, 11) is 0. The molecule has 4 aromatic rings. The maximum absolute atomic E-state index is 13.1. The molecule has 0 aliphatic heterocycles. The van der Waals surface area contributed by atoms with Crippen LogP contribution in [0.1, 0.15) is 20.0 Å². The highest BCUT2D eigenvalue weighted by Crippen LogP contribution is 2.30. The molecule has 0 saturated carbocycles. The van der Waals surface area contributed by atoms with Gasteiger partial charge in [-0.3, -0.25) is 14.2 Å². The van der Waals surface area contributed by atoms with E-state index in [1.807, 2.05) is 0 Å². The van der Waals surface area contributed by atoms with Crippen molar-refractivity contribution >= 4 is 45.6 Å². The van der Waals surface area contributed by atoms with E-state index >= 15 is 0 Å². The zero-order valence-corrected chi connectivity index (χ0v) is 14.8. The van der Waals surface area contributed by atoms with Gasteiger partial charge in [0.25, 0.3) is 11.8 Å². The van der Waals surface area contributed by atoms with Gasteiger partial charge in [0.2, 0.25) is 0 Å². The van der Waals surface area contributed by atoms with Crippen LogP contribution in [0.3, 0.4) is 0 Å². The smallest absolute Gasteiger partial charge is 0.274 e. The molecular weight excluding hydrogens is 365 g/mol. The van der Waals surface area contributed by atoms with E-state index in [2.05, 4.69) is 5.32 Å². The van der Waals surface area contributed by atoms with Crippen LogP contribution in [0.5, 0.6) is 0 Å². The Hall–Kier alpha value is -3.45. The summed E-state index contributed by atoms with van der Waals surface area (Å²) in [5, 5.41) is 5.07. The molecule has 0 aliphatic carbocycles. The number of carbonyl (C=O) groups is 2. The minimum absolute atomic E-state index is 0.0641. The third kappa shape index (κ3) is 2.98. The molecule has 3 N–H and O–H groups in total. The van der Waals surface area contributed by atoms with E-state index in [9.17, 15) is 14.0 Å². The lowest BCUT2D eigenvalue weighted by molar-refractivity contribution is 0.0971. The van der Waals surface area contributed by atoms with E-state index in [0.717, 1.165) is 0 Å². The van der Waals surface area contributed by atoms with Crippen molar-refractivity contribution < 1.29 is 14.0 Å². The van der Waals surface area contributed by atoms with E-state index in [1.54, 1.807) is 41.8 Å². The molecule has 0 spiro atoms. The second-order valence-electron chi connectivity index (χ2n) is 5.86. The highest BCUT2D eigenvalue weighted by molar-refractivity contribution is 7.12. The summed E-state index contributed by atoms with van der Waals surface area (Å²) in [6.45, 7) is 0. The molecule has 0 aliphatic rings. The number of nitrogens with two attached hydrogens (primary N) is 1. The first kappa shape index (κ1) is 17.0. The van der Waals surface area contributed by atoms with Crippen molar-refractivity contribution in [3.63, 3.8) is 0 Å². The van der Waals surface area contributed by atoms with Crippen molar-refractivity contribution in [1.82, 2.24) is 4.57 Å². The first-order valence-corrected chi connectivity index (χ1v) is 8.98. The average Bonchev–Trinajstić information content (AvgIpc) is 3.29. The number of anilines is 2. The Kier molecular flexibility index (Phi) is 4.21. The number of amides is 1. The van der Waals surface area contributed by atoms with Gasteiger partial charge in [0.1, 0.15) is 11.6 Å². The van der Waals surface area contributed by atoms with Crippen molar-refractivity contribution in [2.45, 2.75) is 0 Å². The second-order valence-corrected chi connectivity index (χ2v) is 6.80. The lowest BCUT2D eigenvalue weighted by Gasteiger charge is -2.07. The largest absolute Gasteiger partial charge is 0.384 e. The zero-order valence-electron chi connectivity index (χ0n) is 14.0. The van der Waals surface area contributed by atoms with E-state index in [0.29, 0.717) is 21.5 Å². The van der Waals surface area contributed by atoms with E-state index in [1.165, 1.54) is 40.2 Å². The monoisotopic (exact) mass is 379 g/mol. The summed E-state index contributed by atoms with van der Waals surface area (Å²) < 4.78 is 14.4. The van der Waals surface area contributed by atoms with Gasteiger partial charge < -0.3 is 11.1 Å². The summed E-state index contributed by atoms with van der Waals surface area (Å²) in [6.07, 6.45) is 0. The van der Waals surface area contributed by atoms with E-state index in [4.69, 9.17) is 5.73 Å². The zero-order chi connectivity index (χ0) is 19.0. The van der Waals surface area contributed by atoms with Crippen LogP contribution in [0.15, 0.2) is 66.0 Å². The number of rotatable bonds is 3. The summed E-state index contributed by atoms with van der Waals surface area (Å²) in [5.74, 6) is -1.09. The van der Waals surface area contributed by atoms with Gasteiger partial charge in [-0.15, -0.1) is 11.3 Å². The van der Waals surface area contributed by atoms with E-state index in [-0.39, 0.29) is 17.3 Å². The van der Waals surface area contributed by atoms with Crippen molar-refractivity contribution in [2.75, 3.05) is 11.1 Å². The number of thiophene rings is 1. The molecule has 4 rings (SSSR count). The standard InChI is InChI=1S/C20H14FN3O2S/c21-12-7-9-13(10-8-12)23-19(25)17-14-4-1-2-5-15(14)24(18(17)22)20(26)16-6-3-11-27-16/h1-11H,22H2,(H,23,25). The van der Waals surface area contributed by atoms with Crippen LogP contribution < -0.4 is 11.1 Å². The molecule has 7 heteroatoms. The number of carbonyl (C=O) groups excluding carboxylic acids is 2. The fraction of sp³-hybridized carbons (Fsp3) is 0. The molecule has 2 aromatic heterocycles. The van der Waals surface area contributed by atoms with Crippen LogP contribution in [-0.4, -0.2) is 16.4 Å². The lowest BCUT2D eigenvalue weighted by atomic mass is 10.1. The van der Waals surface area contributed by atoms with Gasteiger partial charge in [0, 0.05) is 11.1 Å². The van der Waals surface area contributed by atoms with Crippen LogP contribution in [0.2, 0.25) is 0 Å². The lowest BCUT2D eigenvalue weighted by Crippen LogP contribution is -2.17. The van der Waals surface area contributed by atoms with Crippen molar-refractivity contribution in [3.05, 3.63) is 82.3 Å². The molecule has 0 bridgehead atoms. The number of hydrogen-bond donors (Lipinski definition) is 2. The molecule has 2 heterocycles. The van der Waals surface area contributed by atoms with Gasteiger partial charge in [-0.1, -0.05) is 24.3 Å². The number of nitrogens with zero attached hydrogens (tertiary/aromatic N) is 1. The van der Waals surface area contributed by atoms with E-state index < -0.39 is 11.7 Å².